The van der Waals surface area contributed by atoms with Gasteiger partial charge >= 0.3 is 0 Å². The Kier molecular flexibility index (Phi) is 3.88. The van der Waals surface area contributed by atoms with Gasteiger partial charge in [0.2, 0.25) is 0 Å². The summed E-state index contributed by atoms with van der Waals surface area (Å²) in [6.07, 6.45) is 1.52. The Balaban J connectivity index is 2.18. The molecule has 96 valence electrons. The maximum absolute atomic E-state index is 8.77. The van der Waals surface area contributed by atoms with E-state index in [0.717, 1.165) is 11.3 Å². The Morgan fingerprint density at radius 1 is 1.37 bits per heavy atom. The van der Waals surface area contributed by atoms with Crippen molar-refractivity contribution in [2.75, 3.05) is 11.1 Å². The summed E-state index contributed by atoms with van der Waals surface area (Å²) in [5.41, 5.74) is 8.83. The van der Waals surface area contributed by atoms with E-state index >= 15 is 0 Å². The zero-order chi connectivity index (χ0) is 13.8. The van der Waals surface area contributed by atoms with Crippen molar-refractivity contribution in [3.8, 4) is 6.07 Å². The zero-order valence-corrected chi connectivity index (χ0v) is 11.1. The van der Waals surface area contributed by atoms with Crippen LogP contribution in [0.5, 0.6) is 0 Å². The summed E-state index contributed by atoms with van der Waals surface area (Å²) in [7, 11) is 0. The first-order chi connectivity index (χ1) is 9.10. The summed E-state index contributed by atoms with van der Waals surface area (Å²) in [5.74, 6) is 0. The third kappa shape index (κ3) is 3.15. The molecule has 1 unspecified atom stereocenters. The van der Waals surface area contributed by atoms with Crippen LogP contribution >= 0.6 is 11.6 Å². The highest BCUT2D eigenvalue weighted by Gasteiger charge is 2.08. The fraction of sp³-hybridized carbons (Fsp3) is 0.143. The van der Waals surface area contributed by atoms with E-state index in [1.165, 1.54) is 6.20 Å². The second-order valence-corrected chi connectivity index (χ2v) is 4.58. The smallest absolute Gasteiger partial charge is 0.131 e. The summed E-state index contributed by atoms with van der Waals surface area (Å²) in [6, 6.07) is 11.2. The van der Waals surface area contributed by atoms with Crippen LogP contribution in [0.15, 0.2) is 36.5 Å². The highest BCUT2D eigenvalue weighted by atomic mass is 35.5. The van der Waals surface area contributed by atoms with Gasteiger partial charge in [-0.1, -0.05) is 23.7 Å². The number of rotatable bonds is 3. The molecule has 0 spiro atoms. The van der Waals surface area contributed by atoms with E-state index in [2.05, 4.69) is 16.4 Å². The number of hydrogen-bond acceptors (Lipinski definition) is 4. The standard InChI is InChI=1S/C14H13ClN4/c1-9(11-4-2-10(7-16)3-5-11)19-13-6-14(15)18-8-12(13)17/h2-6,8-9H,17H2,1H3,(H,18,19). The van der Waals surface area contributed by atoms with Gasteiger partial charge in [-0.3, -0.25) is 0 Å². The van der Waals surface area contributed by atoms with E-state index < -0.39 is 0 Å². The number of nitriles is 1. The number of nitrogens with two attached hydrogens (primary N) is 1. The normalized spacial score (nSPS) is 11.6. The van der Waals surface area contributed by atoms with Gasteiger partial charge in [0.15, 0.2) is 0 Å². The van der Waals surface area contributed by atoms with Gasteiger partial charge in [0.05, 0.1) is 29.2 Å². The maximum atomic E-state index is 8.77. The summed E-state index contributed by atoms with van der Waals surface area (Å²) in [5, 5.41) is 12.4. The molecule has 1 heterocycles. The molecule has 5 heteroatoms. The lowest BCUT2D eigenvalue weighted by Gasteiger charge is -2.17. The van der Waals surface area contributed by atoms with Gasteiger partial charge in [-0.15, -0.1) is 0 Å². The Labute approximate surface area is 116 Å². The van der Waals surface area contributed by atoms with Gasteiger partial charge in [-0.25, -0.2) is 4.98 Å². The van der Waals surface area contributed by atoms with Crippen molar-refractivity contribution in [3.05, 3.63) is 52.8 Å². The number of hydrogen-bond donors (Lipinski definition) is 2. The van der Waals surface area contributed by atoms with Crippen LogP contribution < -0.4 is 11.1 Å². The third-order valence-electron chi connectivity index (χ3n) is 2.81. The van der Waals surface area contributed by atoms with E-state index in [9.17, 15) is 0 Å². The monoisotopic (exact) mass is 272 g/mol. The molecule has 0 fully saturated rings. The minimum atomic E-state index is 0.0495. The van der Waals surface area contributed by atoms with E-state index in [0.29, 0.717) is 16.4 Å². The summed E-state index contributed by atoms with van der Waals surface area (Å²) < 4.78 is 0. The lowest BCUT2D eigenvalue weighted by atomic mass is 10.1. The Hall–Kier alpha value is -2.25. The molecule has 0 radical (unpaired) electrons. The molecule has 2 rings (SSSR count). The Bertz CT molecular complexity index is 616. The van der Waals surface area contributed by atoms with Crippen LogP contribution in [0.25, 0.3) is 0 Å². The Morgan fingerprint density at radius 3 is 2.68 bits per heavy atom. The number of nitrogens with one attached hydrogen (secondary N) is 1. The maximum Gasteiger partial charge on any atom is 0.131 e. The SMILES string of the molecule is CC(Nc1cc(Cl)ncc1N)c1ccc(C#N)cc1. The zero-order valence-electron chi connectivity index (χ0n) is 10.4. The molecule has 0 aliphatic rings. The lowest BCUT2D eigenvalue weighted by Crippen LogP contribution is -2.08. The van der Waals surface area contributed by atoms with Crippen LogP contribution in [0, 0.1) is 11.3 Å². The third-order valence-corrected chi connectivity index (χ3v) is 3.02. The number of benzene rings is 1. The van der Waals surface area contributed by atoms with Gasteiger partial charge in [0.1, 0.15) is 5.15 Å². The molecule has 1 aromatic heterocycles. The van der Waals surface area contributed by atoms with Gasteiger partial charge < -0.3 is 11.1 Å². The quantitative estimate of drug-likeness (QED) is 0.840. The largest absolute Gasteiger partial charge is 0.396 e. The first-order valence-corrected chi connectivity index (χ1v) is 6.15. The second kappa shape index (κ2) is 5.59. The highest BCUT2D eigenvalue weighted by Crippen LogP contribution is 2.25. The van der Waals surface area contributed by atoms with E-state index in [1.54, 1.807) is 18.2 Å². The van der Waals surface area contributed by atoms with Crippen molar-refractivity contribution in [2.45, 2.75) is 13.0 Å². The first-order valence-electron chi connectivity index (χ1n) is 5.78. The number of pyridine rings is 1. The van der Waals surface area contributed by atoms with Crippen molar-refractivity contribution in [2.24, 2.45) is 0 Å². The molecule has 3 N–H and O–H groups in total. The van der Waals surface area contributed by atoms with Gasteiger partial charge in [-0.2, -0.15) is 5.26 Å². The minimum absolute atomic E-state index is 0.0495. The molecule has 0 aliphatic carbocycles. The fourth-order valence-corrected chi connectivity index (χ4v) is 1.89. The first kappa shape index (κ1) is 13.2. The molecule has 1 atom stereocenters. The number of anilines is 2. The summed E-state index contributed by atoms with van der Waals surface area (Å²) in [4.78, 5) is 3.91. The summed E-state index contributed by atoms with van der Waals surface area (Å²) >= 11 is 5.84. The molecule has 0 amide bonds. The Morgan fingerprint density at radius 2 is 2.05 bits per heavy atom. The van der Waals surface area contributed by atoms with Gasteiger partial charge in [-0.05, 0) is 24.6 Å². The van der Waals surface area contributed by atoms with Crippen molar-refractivity contribution in [3.63, 3.8) is 0 Å². The van der Waals surface area contributed by atoms with Gasteiger partial charge in [0, 0.05) is 12.1 Å². The van der Waals surface area contributed by atoms with Crippen LogP contribution in [-0.4, -0.2) is 4.98 Å². The number of nitrogens with zero attached hydrogens (tertiary/aromatic N) is 2. The molecule has 0 aliphatic heterocycles. The molecule has 4 nitrogen and oxygen atoms in total. The molecular weight excluding hydrogens is 260 g/mol. The predicted molar refractivity (Wildman–Crippen MR) is 76.9 cm³/mol. The number of halogens is 1. The number of nitrogen functional groups attached to an aromatic ring is 1. The fourth-order valence-electron chi connectivity index (χ4n) is 1.73. The van der Waals surface area contributed by atoms with Crippen LogP contribution in [-0.2, 0) is 0 Å². The molecule has 0 bridgehead atoms. The topological polar surface area (TPSA) is 74.7 Å². The summed E-state index contributed by atoms with van der Waals surface area (Å²) in [6.45, 7) is 2.01. The second-order valence-electron chi connectivity index (χ2n) is 4.19. The van der Waals surface area contributed by atoms with Crippen molar-refractivity contribution in [1.82, 2.24) is 4.98 Å². The minimum Gasteiger partial charge on any atom is -0.396 e. The average Bonchev–Trinajstić information content (AvgIpc) is 2.43. The van der Waals surface area contributed by atoms with E-state index in [4.69, 9.17) is 22.6 Å². The number of aromatic nitrogens is 1. The average molecular weight is 273 g/mol. The molecule has 19 heavy (non-hydrogen) atoms. The highest BCUT2D eigenvalue weighted by molar-refractivity contribution is 6.29. The molecule has 0 saturated heterocycles. The lowest BCUT2D eigenvalue weighted by molar-refractivity contribution is 0.884. The molecule has 2 aromatic rings. The van der Waals surface area contributed by atoms with E-state index in [1.807, 2.05) is 19.1 Å². The van der Waals surface area contributed by atoms with Crippen LogP contribution in [0.2, 0.25) is 5.15 Å². The predicted octanol–water partition coefficient (Wildman–Crippen LogP) is 3.36. The van der Waals surface area contributed by atoms with Gasteiger partial charge in [0.25, 0.3) is 0 Å². The van der Waals surface area contributed by atoms with Crippen molar-refractivity contribution >= 4 is 23.0 Å². The molecule has 0 saturated carbocycles. The van der Waals surface area contributed by atoms with Crippen molar-refractivity contribution in [1.29, 1.82) is 5.26 Å². The van der Waals surface area contributed by atoms with Crippen molar-refractivity contribution < 1.29 is 0 Å². The molecular formula is C14H13ClN4. The van der Waals surface area contributed by atoms with E-state index in [-0.39, 0.29) is 6.04 Å². The van der Waals surface area contributed by atoms with Crippen LogP contribution in [0.4, 0.5) is 11.4 Å². The van der Waals surface area contributed by atoms with Crippen LogP contribution in [0.1, 0.15) is 24.1 Å². The molecule has 1 aromatic carbocycles. The van der Waals surface area contributed by atoms with Crippen LogP contribution in [0.3, 0.4) is 0 Å².